The standard InChI is InChI=1S/C25H31N5O2/c1-32-23-5-2-19(3-6-23)16-20-8-12-30(13-9-20)25(31)28-22-10-14-29(15-11-22)24-7-4-21(17-26)18-27-24/h2-7,18,20,22H,8-16H2,1H3,(H,28,31). The minimum atomic E-state index is 0.0721. The molecule has 2 aliphatic heterocycles. The summed E-state index contributed by atoms with van der Waals surface area (Å²) in [5.74, 6) is 2.41. The van der Waals surface area contributed by atoms with Crippen molar-refractivity contribution in [3.63, 3.8) is 0 Å². The molecule has 0 aliphatic carbocycles. The largest absolute Gasteiger partial charge is 0.497 e. The van der Waals surface area contributed by atoms with E-state index in [2.05, 4.69) is 33.4 Å². The first-order chi connectivity index (χ1) is 15.6. The monoisotopic (exact) mass is 433 g/mol. The van der Waals surface area contributed by atoms with E-state index in [0.717, 1.165) is 69.9 Å². The van der Waals surface area contributed by atoms with Crippen LogP contribution in [0.5, 0.6) is 5.75 Å². The van der Waals surface area contributed by atoms with Gasteiger partial charge in [-0.25, -0.2) is 9.78 Å². The number of urea groups is 1. The van der Waals surface area contributed by atoms with Crippen LogP contribution < -0.4 is 15.0 Å². The lowest BCUT2D eigenvalue weighted by atomic mass is 9.90. The molecule has 0 spiro atoms. The van der Waals surface area contributed by atoms with Crippen molar-refractivity contribution in [1.29, 1.82) is 5.26 Å². The molecule has 7 nitrogen and oxygen atoms in total. The quantitative estimate of drug-likeness (QED) is 0.779. The van der Waals surface area contributed by atoms with Crippen LogP contribution in [-0.2, 0) is 6.42 Å². The summed E-state index contributed by atoms with van der Waals surface area (Å²) in [5, 5.41) is 12.2. The highest BCUT2D eigenvalue weighted by atomic mass is 16.5. The van der Waals surface area contributed by atoms with Crippen molar-refractivity contribution in [2.24, 2.45) is 5.92 Å². The van der Waals surface area contributed by atoms with Crippen LogP contribution in [0.3, 0.4) is 0 Å². The number of anilines is 1. The number of hydrogen-bond acceptors (Lipinski definition) is 5. The molecular formula is C25H31N5O2. The molecule has 0 unspecified atom stereocenters. The zero-order valence-electron chi connectivity index (χ0n) is 18.7. The number of nitrogens with zero attached hydrogens (tertiary/aromatic N) is 4. The van der Waals surface area contributed by atoms with Crippen LogP contribution in [0.1, 0.15) is 36.8 Å². The van der Waals surface area contributed by atoms with Gasteiger partial charge in [-0.2, -0.15) is 5.26 Å². The average molecular weight is 434 g/mol. The number of benzene rings is 1. The number of piperidine rings is 2. The first kappa shape index (κ1) is 21.9. The molecule has 4 rings (SSSR count). The fourth-order valence-corrected chi connectivity index (χ4v) is 4.59. The summed E-state index contributed by atoms with van der Waals surface area (Å²) >= 11 is 0. The summed E-state index contributed by atoms with van der Waals surface area (Å²) in [5.41, 5.74) is 1.90. The predicted octanol–water partition coefficient (Wildman–Crippen LogP) is 3.59. The Labute approximate surface area is 190 Å². The van der Waals surface area contributed by atoms with Gasteiger partial charge in [0.2, 0.25) is 0 Å². The first-order valence-electron chi connectivity index (χ1n) is 11.4. The lowest BCUT2D eigenvalue weighted by molar-refractivity contribution is 0.165. The van der Waals surface area contributed by atoms with Gasteiger partial charge in [-0.3, -0.25) is 0 Å². The molecule has 1 aromatic heterocycles. The lowest BCUT2D eigenvalue weighted by Gasteiger charge is -2.36. The number of methoxy groups -OCH3 is 1. The Morgan fingerprint density at radius 3 is 2.41 bits per heavy atom. The SMILES string of the molecule is COc1ccc(CC2CCN(C(=O)NC3CCN(c4ccc(C#N)cn4)CC3)CC2)cc1. The number of hydrogen-bond donors (Lipinski definition) is 1. The Morgan fingerprint density at radius 1 is 1.09 bits per heavy atom. The van der Waals surface area contributed by atoms with E-state index in [4.69, 9.17) is 10.00 Å². The van der Waals surface area contributed by atoms with Crippen molar-refractivity contribution >= 4 is 11.8 Å². The molecule has 7 heteroatoms. The van der Waals surface area contributed by atoms with Crippen LogP contribution in [-0.4, -0.2) is 55.2 Å². The van der Waals surface area contributed by atoms with Crippen LogP contribution in [0, 0.1) is 17.2 Å². The second-order valence-electron chi connectivity index (χ2n) is 8.71. The number of ether oxygens (including phenoxy) is 1. The summed E-state index contributed by atoms with van der Waals surface area (Å²) in [6.45, 7) is 3.35. The first-order valence-corrected chi connectivity index (χ1v) is 11.4. The van der Waals surface area contributed by atoms with E-state index < -0.39 is 0 Å². The second kappa shape index (κ2) is 10.4. The minimum Gasteiger partial charge on any atom is -0.497 e. The Bertz CT molecular complexity index is 922. The van der Waals surface area contributed by atoms with Gasteiger partial charge in [-0.1, -0.05) is 12.1 Å². The van der Waals surface area contributed by atoms with Crippen molar-refractivity contribution in [3.8, 4) is 11.8 Å². The van der Waals surface area contributed by atoms with Crippen molar-refractivity contribution < 1.29 is 9.53 Å². The van der Waals surface area contributed by atoms with Gasteiger partial charge in [-0.05, 0) is 67.9 Å². The Balaban J connectivity index is 1.18. The highest BCUT2D eigenvalue weighted by Gasteiger charge is 2.26. The van der Waals surface area contributed by atoms with E-state index in [1.165, 1.54) is 5.56 Å². The minimum absolute atomic E-state index is 0.0721. The van der Waals surface area contributed by atoms with Gasteiger partial charge < -0.3 is 19.9 Å². The molecule has 2 fully saturated rings. The second-order valence-corrected chi connectivity index (χ2v) is 8.71. The summed E-state index contributed by atoms with van der Waals surface area (Å²) < 4.78 is 5.23. The fraction of sp³-hybridized carbons (Fsp3) is 0.480. The zero-order valence-corrected chi connectivity index (χ0v) is 18.7. The molecule has 2 aliphatic rings. The number of pyridine rings is 1. The maximum absolute atomic E-state index is 12.8. The highest BCUT2D eigenvalue weighted by molar-refractivity contribution is 5.74. The third kappa shape index (κ3) is 5.50. The number of aromatic nitrogens is 1. The Morgan fingerprint density at radius 2 is 1.81 bits per heavy atom. The third-order valence-corrected chi connectivity index (χ3v) is 6.61. The molecule has 1 N–H and O–H groups in total. The number of rotatable bonds is 5. The van der Waals surface area contributed by atoms with E-state index in [1.807, 2.05) is 23.1 Å². The predicted molar refractivity (Wildman–Crippen MR) is 124 cm³/mol. The topological polar surface area (TPSA) is 81.5 Å². The molecule has 2 aromatic rings. The summed E-state index contributed by atoms with van der Waals surface area (Å²) in [6, 6.07) is 14.4. The van der Waals surface area contributed by atoms with Crippen LogP contribution >= 0.6 is 0 Å². The van der Waals surface area contributed by atoms with Crippen molar-refractivity contribution in [1.82, 2.24) is 15.2 Å². The van der Waals surface area contributed by atoms with Gasteiger partial charge in [0.05, 0.1) is 12.7 Å². The van der Waals surface area contributed by atoms with Gasteiger partial charge in [-0.15, -0.1) is 0 Å². The van der Waals surface area contributed by atoms with E-state index in [-0.39, 0.29) is 12.1 Å². The summed E-state index contributed by atoms with van der Waals surface area (Å²) in [7, 11) is 1.69. The van der Waals surface area contributed by atoms with Crippen molar-refractivity contribution in [2.45, 2.75) is 38.1 Å². The molecule has 0 saturated carbocycles. The van der Waals surface area contributed by atoms with Crippen molar-refractivity contribution in [2.75, 3.05) is 38.2 Å². The summed E-state index contributed by atoms with van der Waals surface area (Å²) in [6.07, 6.45) is 6.57. The van der Waals surface area contributed by atoms with Gasteiger partial charge >= 0.3 is 6.03 Å². The summed E-state index contributed by atoms with van der Waals surface area (Å²) in [4.78, 5) is 21.3. The number of nitriles is 1. The number of nitrogens with one attached hydrogen (secondary N) is 1. The molecule has 168 valence electrons. The average Bonchev–Trinajstić information content (AvgIpc) is 2.85. The molecular weight excluding hydrogens is 402 g/mol. The van der Waals surface area contributed by atoms with Crippen LogP contribution in [0.4, 0.5) is 10.6 Å². The normalized spacial score (nSPS) is 17.6. The Hall–Kier alpha value is -3.27. The molecule has 0 bridgehead atoms. The molecule has 32 heavy (non-hydrogen) atoms. The molecule has 2 saturated heterocycles. The molecule has 3 heterocycles. The van der Waals surface area contributed by atoms with E-state index in [0.29, 0.717) is 11.5 Å². The van der Waals surface area contributed by atoms with Gasteiger partial charge in [0.15, 0.2) is 0 Å². The lowest BCUT2D eigenvalue weighted by Crippen LogP contribution is -2.51. The number of carbonyl (C=O) groups excluding carboxylic acids is 1. The molecule has 0 atom stereocenters. The number of carbonyl (C=O) groups is 1. The number of amides is 2. The third-order valence-electron chi connectivity index (χ3n) is 6.61. The van der Waals surface area contributed by atoms with Crippen LogP contribution in [0.25, 0.3) is 0 Å². The zero-order chi connectivity index (χ0) is 22.3. The van der Waals surface area contributed by atoms with Gasteiger partial charge in [0, 0.05) is 38.4 Å². The number of likely N-dealkylation sites (tertiary alicyclic amines) is 1. The smallest absolute Gasteiger partial charge is 0.317 e. The van der Waals surface area contributed by atoms with Crippen molar-refractivity contribution in [3.05, 3.63) is 53.7 Å². The maximum Gasteiger partial charge on any atom is 0.317 e. The molecule has 1 aromatic carbocycles. The van der Waals surface area contributed by atoms with E-state index in [9.17, 15) is 4.79 Å². The van der Waals surface area contributed by atoms with Gasteiger partial charge in [0.25, 0.3) is 0 Å². The maximum atomic E-state index is 12.8. The molecule has 0 radical (unpaired) electrons. The van der Waals surface area contributed by atoms with E-state index >= 15 is 0 Å². The van der Waals surface area contributed by atoms with Gasteiger partial charge in [0.1, 0.15) is 17.6 Å². The van der Waals surface area contributed by atoms with Crippen LogP contribution in [0.2, 0.25) is 0 Å². The van der Waals surface area contributed by atoms with Crippen LogP contribution in [0.15, 0.2) is 42.6 Å². The fourth-order valence-electron chi connectivity index (χ4n) is 4.59. The Kier molecular flexibility index (Phi) is 7.10. The molecule has 2 amide bonds. The van der Waals surface area contributed by atoms with E-state index in [1.54, 1.807) is 19.4 Å². The highest BCUT2D eigenvalue weighted by Crippen LogP contribution is 2.24.